The Labute approximate surface area is 164 Å². The number of fused-ring (bicyclic) bond motifs is 1. The molecule has 11 heteroatoms. The maximum absolute atomic E-state index is 14.9. The average Bonchev–Trinajstić information content (AvgIpc) is 3.48. The van der Waals surface area contributed by atoms with Crippen molar-refractivity contribution >= 4 is 28.5 Å². The number of carboxylic acid groups (broad SMARTS) is 1. The van der Waals surface area contributed by atoms with Crippen LogP contribution in [0.1, 0.15) is 29.2 Å². The Bertz CT molecular complexity index is 1080. The van der Waals surface area contributed by atoms with Gasteiger partial charge in [-0.1, -0.05) is 5.16 Å². The van der Waals surface area contributed by atoms with Crippen molar-refractivity contribution in [1.29, 1.82) is 0 Å². The summed E-state index contributed by atoms with van der Waals surface area (Å²) in [7, 11) is 1.33. The number of hydrogen-bond donors (Lipinski definition) is 3. The zero-order valence-electron chi connectivity index (χ0n) is 15.6. The summed E-state index contributed by atoms with van der Waals surface area (Å²) in [6, 6.07) is 0.967. The summed E-state index contributed by atoms with van der Waals surface area (Å²) in [5.41, 5.74) is 4.93. The molecular weight excluding hydrogens is 385 g/mol. The second-order valence-corrected chi connectivity index (χ2v) is 7.14. The highest BCUT2D eigenvalue weighted by Crippen LogP contribution is 2.37. The molecule has 2 unspecified atom stereocenters. The van der Waals surface area contributed by atoms with Gasteiger partial charge in [0.15, 0.2) is 17.9 Å². The van der Waals surface area contributed by atoms with Gasteiger partial charge in [-0.2, -0.15) is 0 Å². The molecule has 0 radical (unpaired) electrons. The van der Waals surface area contributed by atoms with Crippen LogP contribution in [-0.2, 0) is 4.84 Å². The van der Waals surface area contributed by atoms with Crippen LogP contribution in [-0.4, -0.2) is 57.9 Å². The van der Waals surface area contributed by atoms with Crippen LogP contribution in [0.15, 0.2) is 22.2 Å². The fourth-order valence-corrected chi connectivity index (χ4v) is 3.65. The second kappa shape index (κ2) is 7.08. The summed E-state index contributed by atoms with van der Waals surface area (Å²) < 4.78 is 16.5. The number of aromatic carboxylic acids is 1. The first kappa shape index (κ1) is 19.3. The van der Waals surface area contributed by atoms with E-state index in [9.17, 15) is 24.2 Å². The maximum atomic E-state index is 14.9. The molecule has 1 aliphatic carbocycles. The first-order chi connectivity index (χ1) is 13.9. The molecular formula is C18H20FN5O5. The van der Waals surface area contributed by atoms with E-state index in [0.29, 0.717) is 0 Å². The fourth-order valence-electron chi connectivity index (χ4n) is 3.65. The van der Waals surface area contributed by atoms with Crippen molar-refractivity contribution in [3.8, 4) is 0 Å². The molecule has 2 fully saturated rings. The van der Waals surface area contributed by atoms with E-state index in [2.05, 4.69) is 10.1 Å². The number of nitrogens with zero attached hydrogens (tertiary/aromatic N) is 4. The fraction of sp³-hybridized carbons (Fsp3) is 0.444. The predicted octanol–water partition coefficient (Wildman–Crippen LogP) is 0.284. The van der Waals surface area contributed by atoms with E-state index < -0.39 is 29.0 Å². The lowest BCUT2D eigenvalue weighted by Gasteiger charge is -2.22. The van der Waals surface area contributed by atoms with E-state index in [1.54, 1.807) is 4.57 Å². The summed E-state index contributed by atoms with van der Waals surface area (Å²) >= 11 is 0. The zero-order chi connectivity index (χ0) is 20.9. The lowest BCUT2D eigenvalue weighted by Crippen LogP contribution is -2.34. The van der Waals surface area contributed by atoms with E-state index in [-0.39, 0.29) is 47.6 Å². The number of aliphatic hydroxyl groups excluding tert-OH is 1. The number of pyridine rings is 2. The van der Waals surface area contributed by atoms with Crippen LogP contribution in [0.5, 0.6) is 0 Å². The van der Waals surface area contributed by atoms with Crippen LogP contribution in [0, 0.1) is 11.7 Å². The molecule has 0 amide bonds. The van der Waals surface area contributed by atoms with Crippen LogP contribution in [0.4, 0.5) is 10.2 Å². The number of aliphatic hydroxyl groups is 1. The van der Waals surface area contributed by atoms with Crippen molar-refractivity contribution in [3.05, 3.63) is 33.9 Å². The third-order valence-corrected chi connectivity index (χ3v) is 5.26. The number of aromatic nitrogens is 2. The van der Waals surface area contributed by atoms with Crippen LogP contribution in [0.2, 0.25) is 0 Å². The Morgan fingerprint density at radius 2 is 2.21 bits per heavy atom. The molecule has 3 heterocycles. The Kier molecular flexibility index (Phi) is 4.71. The quantitative estimate of drug-likeness (QED) is 0.602. The van der Waals surface area contributed by atoms with Crippen molar-refractivity contribution in [2.24, 2.45) is 16.8 Å². The molecule has 1 saturated carbocycles. The first-order valence-electron chi connectivity index (χ1n) is 9.11. The summed E-state index contributed by atoms with van der Waals surface area (Å²) in [4.78, 5) is 34.3. The van der Waals surface area contributed by atoms with Gasteiger partial charge in [0.2, 0.25) is 5.43 Å². The molecule has 2 atom stereocenters. The van der Waals surface area contributed by atoms with E-state index >= 15 is 0 Å². The predicted molar refractivity (Wildman–Crippen MR) is 102 cm³/mol. The minimum atomic E-state index is -1.38. The molecule has 154 valence electrons. The molecule has 2 aliphatic rings. The van der Waals surface area contributed by atoms with Gasteiger partial charge in [-0.3, -0.25) is 4.79 Å². The molecule has 0 bridgehead atoms. The molecule has 1 aliphatic heterocycles. The Morgan fingerprint density at radius 3 is 2.79 bits per heavy atom. The highest BCUT2D eigenvalue weighted by molar-refractivity contribution is 5.96. The number of carboxylic acids is 1. The van der Waals surface area contributed by atoms with Crippen molar-refractivity contribution in [2.75, 3.05) is 25.1 Å². The number of carbonyl (C=O) groups is 1. The van der Waals surface area contributed by atoms with Gasteiger partial charge in [0.25, 0.3) is 0 Å². The first-order valence-corrected chi connectivity index (χ1v) is 9.11. The molecule has 0 spiro atoms. The number of hydrogen-bond acceptors (Lipinski definition) is 8. The molecule has 1 saturated heterocycles. The van der Waals surface area contributed by atoms with E-state index in [1.165, 1.54) is 18.2 Å². The molecule has 4 rings (SSSR count). The number of anilines is 1. The minimum Gasteiger partial charge on any atom is -0.477 e. The highest BCUT2D eigenvalue weighted by atomic mass is 19.1. The van der Waals surface area contributed by atoms with Gasteiger partial charge in [0, 0.05) is 31.2 Å². The molecule has 29 heavy (non-hydrogen) atoms. The van der Waals surface area contributed by atoms with Crippen molar-refractivity contribution in [2.45, 2.75) is 25.1 Å². The lowest BCUT2D eigenvalue weighted by molar-refractivity contribution is 0.0695. The molecule has 0 aromatic carbocycles. The smallest absolute Gasteiger partial charge is 0.341 e. The highest BCUT2D eigenvalue weighted by Gasteiger charge is 2.40. The van der Waals surface area contributed by atoms with Crippen molar-refractivity contribution in [1.82, 2.24) is 9.55 Å². The van der Waals surface area contributed by atoms with E-state index in [4.69, 9.17) is 10.6 Å². The maximum Gasteiger partial charge on any atom is 0.341 e. The van der Waals surface area contributed by atoms with Crippen molar-refractivity contribution < 1.29 is 24.2 Å². The van der Waals surface area contributed by atoms with Gasteiger partial charge >= 0.3 is 5.97 Å². The normalized spacial score (nSPS) is 23.2. The van der Waals surface area contributed by atoms with Gasteiger partial charge in [0.1, 0.15) is 24.0 Å². The summed E-state index contributed by atoms with van der Waals surface area (Å²) in [5.74, 6) is -2.76. The molecule has 2 aromatic heterocycles. The van der Waals surface area contributed by atoms with E-state index in [0.717, 1.165) is 18.9 Å². The number of halogens is 1. The minimum absolute atomic E-state index is 0.00656. The standard InChI is InChI=1S/C18H20FN5O5/c1-29-22-13-8(5-20)6-24(17(13)26)16-12(19)4-10-14(25)11(18(27)28)7-23(9-2-3-9)15(10)21-16/h4,7-9,17,26H,2-3,5-6,20H2,1H3,(H,27,28)/b22-13-. The van der Waals surface area contributed by atoms with Crippen LogP contribution in [0.3, 0.4) is 0 Å². The summed E-state index contributed by atoms with van der Waals surface area (Å²) in [6.45, 7) is 0.329. The van der Waals surface area contributed by atoms with Gasteiger partial charge in [0.05, 0.1) is 5.39 Å². The number of rotatable bonds is 5. The zero-order valence-corrected chi connectivity index (χ0v) is 15.6. The Morgan fingerprint density at radius 1 is 1.48 bits per heavy atom. The lowest BCUT2D eigenvalue weighted by atomic mass is 10.1. The van der Waals surface area contributed by atoms with Gasteiger partial charge in [-0.05, 0) is 18.9 Å². The van der Waals surface area contributed by atoms with Crippen LogP contribution < -0.4 is 16.1 Å². The summed E-state index contributed by atoms with van der Waals surface area (Å²) in [5, 5.41) is 23.6. The third kappa shape index (κ3) is 3.12. The molecule has 4 N–H and O–H groups in total. The van der Waals surface area contributed by atoms with Crippen molar-refractivity contribution in [3.63, 3.8) is 0 Å². The van der Waals surface area contributed by atoms with Crippen LogP contribution >= 0.6 is 0 Å². The summed E-state index contributed by atoms with van der Waals surface area (Å²) in [6.07, 6.45) is 1.57. The van der Waals surface area contributed by atoms with E-state index in [1.807, 2.05) is 0 Å². The average molecular weight is 405 g/mol. The van der Waals surface area contributed by atoms with Crippen LogP contribution in [0.25, 0.3) is 11.0 Å². The number of nitrogens with two attached hydrogens (primary N) is 1. The third-order valence-electron chi connectivity index (χ3n) is 5.26. The SMILES string of the molecule is CO/N=C1/C(CN)CN(c2nc3c(cc2F)c(=O)c(C(=O)O)cn3C2CC2)C1O. The van der Waals surface area contributed by atoms with Gasteiger partial charge in [-0.15, -0.1) is 0 Å². The second-order valence-electron chi connectivity index (χ2n) is 7.14. The monoisotopic (exact) mass is 405 g/mol. The Balaban J connectivity index is 1.89. The number of oxime groups is 1. The largest absolute Gasteiger partial charge is 0.477 e. The molecule has 10 nitrogen and oxygen atoms in total. The Hall–Kier alpha value is -3.05. The van der Waals surface area contributed by atoms with Gasteiger partial charge in [-0.25, -0.2) is 14.2 Å². The topological polar surface area (TPSA) is 143 Å². The van der Waals surface area contributed by atoms with Gasteiger partial charge < -0.3 is 30.3 Å². The molecule has 2 aromatic rings.